The summed E-state index contributed by atoms with van der Waals surface area (Å²) < 4.78 is 4.95. The van der Waals surface area contributed by atoms with Crippen molar-refractivity contribution in [3.05, 3.63) is 71.3 Å². The molecule has 0 bridgehead atoms. The summed E-state index contributed by atoms with van der Waals surface area (Å²) >= 11 is 0. The fourth-order valence-corrected chi connectivity index (χ4v) is 3.00. The highest BCUT2D eigenvalue weighted by molar-refractivity contribution is 5.92. The van der Waals surface area contributed by atoms with Crippen LogP contribution in [0.3, 0.4) is 0 Å². The van der Waals surface area contributed by atoms with E-state index in [1.165, 1.54) is 14.2 Å². The van der Waals surface area contributed by atoms with Gasteiger partial charge in [-0.15, -0.1) is 0 Å². The third-order valence-electron chi connectivity index (χ3n) is 4.87. The number of amides is 2. The van der Waals surface area contributed by atoms with Gasteiger partial charge >= 0.3 is 0 Å². The number of hydrogen-bond donors (Lipinski definition) is 4. The number of aliphatic imine (C=N–C) groups is 1. The van der Waals surface area contributed by atoms with Crippen LogP contribution in [0.25, 0.3) is 0 Å². The van der Waals surface area contributed by atoms with E-state index in [-0.39, 0.29) is 37.9 Å². The Labute approximate surface area is 205 Å². The van der Waals surface area contributed by atoms with Crippen LogP contribution in [0.15, 0.2) is 65.2 Å². The van der Waals surface area contributed by atoms with Crippen LogP contribution in [-0.4, -0.2) is 63.5 Å². The second-order valence-corrected chi connectivity index (χ2v) is 7.59. The van der Waals surface area contributed by atoms with Gasteiger partial charge in [0, 0.05) is 25.3 Å². The van der Waals surface area contributed by atoms with Crippen molar-refractivity contribution < 1.29 is 19.1 Å². The predicted octanol–water partition coefficient (Wildman–Crippen LogP) is 0.374. The summed E-state index contributed by atoms with van der Waals surface area (Å²) in [5.74, 6) is 5.19. The fourth-order valence-electron chi connectivity index (χ4n) is 3.00. The van der Waals surface area contributed by atoms with Crippen LogP contribution >= 0.6 is 0 Å². The zero-order chi connectivity index (χ0) is 25.5. The van der Waals surface area contributed by atoms with Gasteiger partial charge in [-0.05, 0) is 36.6 Å². The number of benzene rings is 1. The molecule has 9 heteroatoms. The lowest BCUT2D eigenvalue weighted by molar-refractivity contribution is -0.130. The minimum atomic E-state index is -0.800. The fraction of sp³-hybridized carbons (Fsp3) is 0.308. The van der Waals surface area contributed by atoms with Crippen molar-refractivity contribution in [1.29, 1.82) is 0 Å². The van der Waals surface area contributed by atoms with Gasteiger partial charge in [-0.1, -0.05) is 48.3 Å². The first kappa shape index (κ1) is 27.1. The number of ketones is 1. The molecule has 1 aliphatic rings. The van der Waals surface area contributed by atoms with Gasteiger partial charge in [0.15, 0.2) is 11.7 Å². The molecule has 0 fully saturated rings. The van der Waals surface area contributed by atoms with Crippen molar-refractivity contribution in [2.45, 2.75) is 18.9 Å². The van der Waals surface area contributed by atoms with E-state index >= 15 is 0 Å². The molecule has 0 aliphatic heterocycles. The molecule has 2 rings (SSSR count). The molecule has 0 spiro atoms. The molecule has 0 heterocycles. The molecule has 1 aromatic rings. The van der Waals surface area contributed by atoms with Crippen molar-refractivity contribution in [2.24, 2.45) is 10.7 Å². The van der Waals surface area contributed by atoms with Crippen LogP contribution in [0.5, 0.6) is 0 Å². The Morgan fingerprint density at radius 2 is 1.83 bits per heavy atom. The topological polar surface area (TPSA) is 135 Å². The molecule has 2 amide bonds. The number of carbonyl (C=O) groups is 3. The number of carbonyl (C=O) groups excluding carboxylic acids is 3. The maximum absolute atomic E-state index is 12.5. The SMILES string of the molecule is CN=C(N)NCC(=O)NCC(=O)NC(Cc1ccc(C#CC2=CCC=CC=C2)cc1)C(=O)COC. The first-order valence-electron chi connectivity index (χ1n) is 11.1. The second-order valence-electron chi connectivity index (χ2n) is 7.59. The Kier molecular flexibility index (Phi) is 11.5. The van der Waals surface area contributed by atoms with E-state index in [0.29, 0.717) is 0 Å². The van der Waals surface area contributed by atoms with Crippen LogP contribution in [0.1, 0.15) is 17.5 Å². The highest BCUT2D eigenvalue weighted by Crippen LogP contribution is 2.09. The number of nitrogens with zero attached hydrogens (tertiary/aromatic N) is 1. The number of methoxy groups -OCH3 is 1. The maximum atomic E-state index is 12.5. The molecular weight excluding hydrogens is 446 g/mol. The van der Waals surface area contributed by atoms with E-state index in [0.717, 1.165) is 23.1 Å². The lowest BCUT2D eigenvalue weighted by atomic mass is 10.0. The van der Waals surface area contributed by atoms with Crippen LogP contribution < -0.4 is 21.7 Å². The smallest absolute Gasteiger partial charge is 0.239 e. The lowest BCUT2D eigenvalue weighted by Crippen LogP contribution is -2.49. The van der Waals surface area contributed by atoms with Gasteiger partial charge < -0.3 is 26.4 Å². The van der Waals surface area contributed by atoms with Crippen molar-refractivity contribution in [3.63, 3.8) is 0 Å². The lowest BCUT2D eigenvalue weighted by Gasteiger charge is -2.18. The maximum Gasteiger partial charge on any atom is 0.239 e. The summed E-state index contributed by atoms with van der Waals surface area (Å²) in [7, 11) is 2.90. The monoisotopic (exact) mass is 477 g/mol. The Morgan fingerprint density at radius 3 is 2.54 bits per heavy atom. The van der Waals surface area contributed by atoms with Crippen molar-refractivity contribution in [3.8, 4) is 11.8 Å². The van der Waals surface area contributed by atoms with E-state index in [9.17, 15) is 14.4 Å². The Morgan fingerprint density at radius 1 is 1.09 bits per heavy atom. The van der Waals surface area contributed by atoms with Gasteiger partial charge in [-0.25, -0.2) is 0 Å². The van der Waals surface area contributed by atoms with Gasteiger partial charge in [0.2, 0.25) is 11.8 Å². The summed E-state index contributed by atoms with van der Waals surface area (Å²) in [6.07, 6.45) is 11.2. The van der Waals surface area contributed by atoms with E-state index in [2.05, 4.69) is 44.9 Å². The molecule has 1 aromatic carbocycles. The second kappa shape index (κ2) is 14.9. The number of rotatable bonds is 10. The number of allylic oxidation sites excluding steroid dienone is 6. The van der Waals surface area contributed by atoms with Crippen LogP contribution in [0.2, 0.25) is 0 Å². The zero-order valence-electron chi connectivity index (χ0n) is 20.0. The van der Waals surface area contributed by atoms with Gasteiger partial charge in [0.1, 0.15) is 6.61 Å². The minimum absolute atomic E-state index is 0.113. The highest BCUT2D eigenvalue weighted by Gasteiger charge is 2.21. The van der Waals surface area contributed by atoms with E-state index in [4.69, 9.17) is 10.5 Å². The normalized spacial score (nSPS) is 13.5. The number of Topliss-reactive ketones (excluding diaryl/α,β-unsaturated/α-hetero) is 1. The van der Waals surface area contributed by atoms with Gasteiger partial charge in [0.05, 0.1) is 19.1 Å². The number of ether oxygens (including phenoxy) is 1. The minimum Gasteiger partial charge on any atom is -0.377 e. The summed E-state index contributed by atoms with van der Waals surface area (Å²) in [5.41, 5.74) is 8.11. The summed E-state index contributed by atoms with van der Waals surface area (Å²) in [6, 6.07) is 6.69. The largest absolute Gasteiger partial charge is 0.377 e. The molecule has 1 atom stereocenters. The standard InChI is InChI=1S/C26H31N5O4/c1-28-26(27)30-16-24(33)29-17-25(34)31-22(23(32)18-35-2)15-21-13-11-20(12-14-21)10-9-19-7-5-3-4-6-8-19/h3-5,7-8,11-14,22H,6,15-18H2,1-2H3,(H,29,33)(H,31,34)(H3,27,28,30). The highest BCUT2D eigenvalue weighted by atomic mass is 16.5. The van der Waals surface area contributed by atoms with Crippen molar-refractivity contribution in [2.75, 3.05) is 33.9 Å². The molecule has 9 nitrogen and oxygen atoms in total. The third-order valence-corrected chi connectivity index (χ3v) is 4.87. The first-order valence-corrected chi connectivity index (χ1v) is 11.1. The number of nitrogens with one attached hydrogen (secondary N) is 3. The molecule has 0 saturated heterocycles. The Bertz CT molecular complexity index is 1080. The average Bonchev–Trinajstić information content (AvgIpc) is 3.14. The van der Waals surface area contributed by atoms with Gasteiger partial charge in [-0.2, -0.15) is 0 Å². The quantitative estimate of drug-likeness (QED) is 0.219. The summed E-state index contributed by atoms with van der Waals surface area (Å²) in [6.45, 7) is -0.547. The van der Waals surface area contributed by atoms with E-state index in [1.54, 1.807) is 0 Å². The van der Waals surface area contributed by atoms with E-state index in [1.807, 2.05) is 42.5 Å². The molecule has 5 N–H and O–H groups in total. The molecule has 0 radical (unpaired) electrons. The van der Waals surface area contributed by atoms with Crippen molar-refractivity contribution >= 4 is 23.6 Å². The van der Waals surface area contributed by atoms with Crippen LogP contribution in [0, 0.1) is 11.8 Å². The predicted molar refractivity (Wildman–Crippen MR) is 135 cm³/mol. The van der Waals surface area contributed by atoms with Crippen LogP contribution in [0.4, 0.5) is 0 Å². The average molecular weight is 478 g/mol. The van der Waals surface area contributed by atoms with Crippen LogP contribution in [-0.2, 0) is 25.5 Å². The molecule has 1 unspecified atom stereocenters. The van der Waals surface area contributed by atoms with Gasteiger partial charge in [0.25, 0.3) is 0 Å². The molecule has 184 valence electrons. The molecule has 1 aliphatic carbocycles. The molecule has 0 aromatic heterocycles. The van der Waals surface area contributed by atoms with E-state index < -0.39 is 17.9 Å². The Balaban J connectivity index is 1.95. The number of nitrogens with two attached hydrogens (primary N) is 1. The first-order chi connectivity index (χ1) is 16.9. The third kappa shape index (κ3) is 10.5. The summed E-state index contributed by atoms with van der Waals surface area (Å²) in [5, 5.41) is 7.72. The molecule has 0 saturated carbocycles. The Hall–Kier alpha value is -4.16. The number of guanidine groups is 1. The number of hydrogen-bond acceptors (Lipinski definition) is 5. The molecular formula is C26H31N5O4. The van der Waals surface area contributed by atoms with Crippen molar-refractivity contribution in [1.82, 2.24) is 16.0 Å². The summed E-state index contributed by atoms with van der Waals surface area (Å²) in [4.78, 5) is 40.3. The van der Waals surface area contributed by atoms with Gasteiger partial charge in [-0.3, -0.25) is 19.4 Å². The zero-order valence-corrected chi connectivity index (χ0v) is 20.0. The molecule has 35 heavy (non-hydrogen) atoms.